The summed E-state index contributed by atoms with van der Waals surface area (Å²) in [5, 5.41) is 4.14. The maximum absolute atomic E-state index is 6.38. The highest BCUT2D eigenvalue weighted by Crippen LogP contribution is 2.37. The number of nitrogens with one attached hydrogen (secondary N) is 1. The van der Waals surface area contributed by atoms with Gasteiger partial charge in [-0.25, -0.2) is 0 Å². The lowest BCUT2D eigenvalue weighted by molar-refractivity contribution is 0.230. The molecule has 0 radical (unpaired) electrons. The molecule has 0 fully saturated rings. The largest absolute Gasteiger partial charge is 0.493 e. The molecule has 0 aliphatic heterocycles. The van der Waals surface area contributed by atoms with Crippen molar-refractivity contribution in [3.05, 3.63) is 58.6 Å². The van der Waals surface area contributed by atoms with Crippen LogP contribution < -0.4 is 14.8 Å². The Morgan fingerprint density at radius 3 is 2.40 bits per heavy atom. The van der Waals surface area contributed by atoms with Crippen LogP contribution in [-0.2, 0) is 13.0 Å². The van der Waals surface area contributed by atoms with Gasteiger partial charge in [0.1, 0.15) is 0 Å². The Labute approximate surface area is 156 Å². The van der Waals surface area contributed by atoms with E-state index in [0.29, 0.717) is 22.6 Å². The summed E-state index contributed by atoms with van der Waals surface area (Å²) in [6.07, 6.45) is 2.21. The predicted octanol–water partition coefficient (Wildman–Crippen LogP) is 5.25. The van der Waals surface area contributed by atoms with Gasteiger partial charge in [-0.05, 0) is 56.9 Å². The SMILES string of the molecule is COc1cc(CNC(C)CCc2ccccc2)cc(Cl)c1OC(C)C. The van der Waals surface area contributed by atoms with Gasteiger partial charge >= 0.3 is 0 Å². The first kappa shape index (κ1) is 19.6. The summed E-state index contributed by atoms with van der Waals surface area (Å²) in [5.74, 6) is 1.29. The van der Waals surface area contributed by atoms with Gasteiger partial charge in [0.25, 0.3) is 0 Å². The smallest absolute Gasteiger partial charge is 0.180 e. The highest BCUT2D eigenvalue weighted by Gasteiger charge is 2.14. The van der Waals surface area contributed by atoms with E-state index < -0.39 is 0 Å². The molecular weight excluding hydrogens is 334 g/mol. The van der Waals surface area contributed by atoms with Crippen LogP contribution in [0.3, 0.4) is 0 Å². The Balaban J connectivity index is 1.92. The summed E-state index contributed by atoms with van der Waals surface area (Å²) >= 11 is 6.38. The Hall–Kier alpha value is -1.71. The number of aryl methyl sites for hydroxylation is 1. The van der Waals surface area contributed by atoms with Crippen LogP contribution in [0.15, 0.2) is 42.5 Å². The van der Waals surface area contributed by atoms with Crippen LogP contribution in [0.4, 0.5) is 0 Å². The van der Waals surface area contributed by atoms with E-state index in [9.17, 15) is 0 Å². The molecule has 3 nitrogen and oxygen atoms in total. The quantitative estimate of drug-likeness (QED) is 0.662. The van der Waals surface area contributed by atoms with Crippen molar-refractivity contribution >= 4 is 11.6 Å². The van der Waals surface area contributed by atoms with Gasteiger partial charge in [0, 0.05) is 12.6 Å². The zero-order valence-electron chi connectivity index (χ0n) is 15.5. The Bertz CT molecular complexity index is 658. The van der Waals surface area contributed by atoms with E-state index in [0.717, 1.165) is 24.9 Å². The minimum absolute atomic E-state index is 0.0494. The van der Waals surface area contributed by atoms with Gasteiger partial charge in [-0.3, -0.25) is 0 Å². The van der Waals surface area contributed by atoms with Gasteiger partial charge in [-0.2, -0.15) is 0 Å². The third-order valence-corrected chi connectivity index (χ3v) is 4.29. The molecule has 1 atom stereocenters. The lowest BCUT2D eigenvalue weighted by Gasteiger charge is -2.18. The van der Waals surface area contributed by atoms with Crippen molar-refractivity contribution in [2.24, 2.45) is 0 Å². The maximum atomic E-state index is 6.38. The molecule has 25 heavy (non-hydrogen) atoms. The second-order valence-corrected chi connectivity index (χ2v) is 6.99. The van der Waals surface area contributed by atoms with Crippen LogP contribution in [-0.4, -0.2) is 19.3 Å². The molecule has 4 heteroatoms. The van der Waals surface area contributed by atoms with E-state index in [2.05, 4.69) is 42.6 Å². The first-order chi connectivity index (χ1) is 12.0. The Morgan fingerprint density at radius 1 is 1.04 bits per heavy atom. The average Bonchev–Trinajstić information content (AvgIpc) is 2.60. The van der Waals surface area contributed by atoms with Crippen molar-refractivity contribution in [2.45, 2.75) is 52.3 Å². The molecule has 0 heterocycles. The monoisotopic (exact) mass is 361 g/mol. The van der Waals surface area contributed by atoms with Gasteiger partial charge in [0.15, 0.2) is 11.5 Å². The summed E-state index contributed by atoms with van der Waals surface area (Å²) < 4.78 is 11.2. The first-order valence-electron chi connectivity index (χ1n) is 8.80. The molecular formula is C21H28ClNO2. The van der Waals surface area contributed by atoms with Gasteiger partial charge in [-0.15, -0.1) is 0 Å². The minimum Gasteiger partial charge on any atom is -0.493 e. The molecule has 2 rings (SSSR count). The van der Waals surface area contributed by atoms with Gasteiger partial charge in [-0.1, -0.05) is 41.9 Å². The third kappa shape index (κ3) is 6.26. The van der Waals surface area contributed by atoms with Crippen LogP contribution in [0.5, 0.6) is 11.5 Å². The molecule has 1 N–H and O–H groups in total. The van der Waals surface area contributed by atoms with E-state index in [1.807, 2.05) is 26.0 Å². The Kier molecular flexibility index (Phi) is 7.60. The molecule has 0 spiro atoms. The fraction of sp³-hybridized carbons (Fsp3) is 0.429. The number of rotatable bonds is 9. The molecule has 0 aliphatic rings. The van der Waals surface area contributed by atoms with Crippen LogP contribution in [0.2, 0.25) is 5.02 Å². The molecule has 0 saturated heterocycles. The highest BCUT2D eigenvalue weighted by atomic mass is 35.5. The lowest BCUT2D eigenvalue weighted by Crippen LogP contribution is -2.26. The summed E-state index contributed by atoms with van der Waals surface area (Å²) in [7, 11) is 1.64. The van der Waals surface area contributed by atoms with Crippen molar-refractivity contribution < 1.29 is 9.47 Å². The van der Waals surface area contributed by atoms with E-state index in [-0.39, 0.29) is 6.10 Å². The molecule has 0 aromatic heterocycles. The second kappa shape index (κ2) is 9.69. The summed E-state index contributed by atoms with van der Waals surface area (Å²) in [6, 6.07) is 14.9. The molecule has 2 aromatic carbocycles. The van der Waals surface area contributed by atoms with Crippen molar-refractivity contribution in [3.8, 4) is 11.5 Å². The molecule has 2 aromatic rings. The number of halogens is 1. The van der Waals surface area contributed by atoms with E-state index in [1.165, 1.54) is 5.56 Å². The van der Waals surface area contributed by atoms with Crippen molar-refractivity contribution in [2.75, 3.05) is 7.11 Å². The number of ether oxygens (including phenoxy) is 2. The molecule has 0 bridgehead atoms. The zero-order valence-corrected chi connectivity index (χ0v) is 16.3. The van der Waals surface area contributed by atoms with Crippen molar-refractivity contribution in [3.63, 3.8) is 0 Å². The van der Waals surface area contributed by atoms with Crippen molar-refractivity contribution in [1.82, 2.24) is 5.32 Å². The number of methoxy groups -OCH3 is 1. The molecule has 0 saturated carbocycles. The fourth-order valence-electron chi connectivity index (χ4n) is 2.65. The lowest BCUT2D eigenvalue weighted by atomic mass is 10.1. The van der Waals surface area contributed by atoms with Crippen molar-refractivity contribution in [1.29, 1.82) is 0 Å². The molecule has 1 unspecified atom stereocenters. The number of hydrogen-bond acceptors (Lipinski definition) is 3. The predicted molar refractivity (Wildman–Crippen MR) is 105 cm³/mol. The van der Waals surface area contributed by atoms with Gasteiger partial charge in [0.05, 0.1) is 18.2 Å². The fourth-order valence-corrected chi connectivity index (χ4v) is 2.93. The standard InChI is InChI=1S/C21H28ClNO2/c1-15(2)25-21-19(22)12-18(13-20(21)24-4)14-23-16(3)10-11-17-8-6-5-7-9-17/h5-9,12-13,15-16,23H,10-11,14H2,1-4H3. The summed E-state index contributed by atoms with van der Waals surface area (Å²) in [4.78, 5) is 0. The third-order valence-electron chi connectivity index (χ3n) is 4.01. The number of hydrogen-bond donors (Lipinski definition) is 1. The van der Waals surface area contributed by atoms with E-state index >= 15 is 0 Å². The molecule has 0 amide bonds. The zero-order chi connectivity index (χ0) is 18.2. The van der Waals surface area contributed by atoms with Crippen LogP contribution in [0.25, 0.3) is 0 Å². The average molecular weight is 362 g/mol. The molecule has 0 aliphatic carbocycles. The second-order valence-electron chi connectivity index (χ2n) is 6.58. The van der Waals surface area contributed by atoms with E-state index in [1.54, 1.807) is 7.11 Å². The van der Waals surface area contributed by atoms with Gasteiger partial charge < -0.3 is 14.8 Å². The Morgan fingerprint density at radius 2 is 1.76 bits per heavy atom. The van der Waals surface area contributed by atoms with Gasteiger partial charge in [0.2, 0.25) is 0 Å². The first-order valence-corrected chi connectivity index (χ1v) is 9.17. The van der Waals surface area contributed by atoms with E-state index in [4.69, 9.17) is 21.1 Å². The van der Waals surface area contributed by atoms with Crippen LogP contribution in [0, 0.1) is 0 Å². The highest BCUT2D eigenvalue weighted by molar-refractivity contribution is 6.32. The topological polar surface area (TPSA) is 30.5 Å². The van der Waals surface area contributed by atoms with Crippen LogP contribution >= 0.6 is 11.6 Å². The molecule has 136 valence electrons. The maximum Gasteiger partial charge on any atom is 0.180 e. The summed E-state index contributed by atoms with van der Waals surface area (Å²) in [6.45, 7) is 6.89. The summed E-state index contributed by atoms with van der Waals surface area (Å²) in [5.41, 5.74) is 2.46. The van der Waals surface area contributed by atoms with Crippen LogP contribution in [0.1, 0.15) is 38.3 Å². The normalized spacial score (nSPS) is 12.2. The number of benzene rings is 2. The minimum atomic E-state index is 0.0494.